The SMILES string of the molecule is Cn1ncc(Br)c1C(O)c1ccnnc1. The molecular weight excluding hydrogens is 260 g/mol. The van der Waals surface area contributed by atoms with Crippen LogP contribution in [0.5, 0.6) is 0 Å². The Labute approximate surface area is 94.9 Å². The Hall–Kier alpha value is -1.27. The third-order valence-electron chi connectivity index (χ3n) is 2.12. The molecule has 0 saturated carbocycles. The molecule has 1 N–H and O–H groups in total. The maximum Gasteiger partial charge on any atom is 0.123 e. The highest BCUT2D eigenvalue weighted by Crippen LogP contribution is 2.26. The maximum absolute atomic E-state index is 10.1. The van der Waals surface area contributed by atoms with Crippen LogP contribution in [0.4, 0.5) is 0 Å². The van der Waals surface area contributed by atoms with Crippen LogP contribution in [-0.2, 0) is 7.05 Å². The van der Waals surface area contributed by atoms with Gasteiger partial charge in [-0.25, -0.2) is 0 Å². The predicted octanol–water partition coefficient (Wildman–Crippen LogP) is 1.05. The summed E-state index contributed by atoms with van der Waals surface area (Å²) in [7, 11) is 1.78. The second-order valence-electron chi connectivity index (χ2n) is 3.08. The van der Waals surface area contributed by atoms with Gasteiger partial charge in [0.25, 0.3) is 0 Å². The first-order chi connectivity index (χ1) is 7.20. The number of aliphatic hydroxyl groups excluding tert-OH is 1. The Morgan fingerprint density at radius 3 is 2.73 bits per heavy atom. The minimum Gasteiger partial charge on any atom is -0.382 e. The summed E-state index contributed by atoms with van der Waals surface area (Å²) in [5.41, 5.74) is 1.39. The van der Waals surface area contributed by atoms with Gasteiger partial charge in [0.15, 0.2) is 0 Å². The van der Waals surface area contributed by atoms with E-state index in [0.717, 1.165) is 4.47 Å². The van der Waals surface area contributed by atoms with E-state index in [0.29, 0.717) is 11.3 Å². The van der Waals surface area contributed by atoms with E-state index in [2.05, 4.69) is 31.2 Å². The lowest BCUT2D eigenvalue weighted by atomic mass is 10.1. The molecular formula is C9H9BrN4O. The van der Waals surface area contributed by atoms with Crippen LogP contribution in [0.25, 0.3) is 0 Å². The van der Waals surface area contributed by atoms with Gasteiger partial charge in [0.1, 0.15) is 6.10 Å². The zero-order valence-corrected chi connectivity index (χ0v) is 9.59. The van der Waals surface area contributed by atoms with Gasteiger partial charge in [-0.2, -0.15) is 15.3 Å². The van der Waals surface area contributed by atoms with Crippen LogP contribution in [0.2, 0.25) is 0 Å². The van der Waals surface area contributed by atoms with Gasteiger partial charge >= 0.3 is 0 Å². The molecule has 0 aliphatic heterocycles. The van der Waals surface area contributed by atoms with Crippen molar-refractivity contribution in [2.24, 2.45) is 7.05 Å². The smallest absolute Gasteiger partial charge is 0.123 e. The van der Waals surface area contributed by atoms with Crippen molar-refractivity contribution in [2.75, 3.05) is 0 Å². The number of aromatic nitrogens is 4. The number of aliphatic hydroxyl groups is 1. The molecule has 2 rings (SSSR count). The van der Waals surface area contributed by atoms with Crippen molar-refractivity contribution in [3.8, 4) is 0 Å². The average molecular weight is 269 g/mol. The fourth-order valence-corrected chi connectivity index (χ4v) is 1.91. The highest BCUT2D eigenvalue weighted by Gasteiger charge is 2.17. The highest BCUT2D eigenvalue weighted by molar-refractivity contribution is 9.10. The minimum absolute atomic E-state index is 0.689. The molecule has 15 heavy (non-hydrogen) atoms. The lowest BCUT2D eigenvalue weighted by molar-refractivity contribution is 0.208. The van der Waals surface area contributed by atoms with Gasteiger partial charge in [0, 0.05) is 18.8 Å². The fraction of sp³-hybridized carbons (Fsp3) is 0.222. The lowest BCUT2D eigenvalue weighted by Crippen LogP contribution is -2.07. The molecule has 0 saturated heterocycles. The van der Waals surface area contributed by atoms with E-state index in [4.69, 9.17) is 0 Å². The lowest BCUT2D eigenvalue weighted by Gasteiger charge is -2.11. The molecule has 0 amide bonds. The Balaban J connectivity index is 2.41. The molecule has 1 unspecified atom stereocenters. The number of halogens is 1. The number of hydrogen-bond acceptors (Lipinski definition) is 4. The quantitative estimate of drug-likeness (QED) is 0.885. The molecule has 78 valence electrons. The van der Waals surface area contributed by atoms with Crippen LogP contribution in [0.15, 0.2) is 29.1 Å². The largest absolute Gasteiger partial charge is 0.382 e. The van der Waals surface area contributed by atoms with E-state index in [1.807, 2.05) is 0 Å². The molecule has 2 aromatic heterocycles. The van der Waals surface area contributed by atoms with Crippen LogP contribution in [0.3, 0.4) is 0 Å². The van der Waals surface area contributed by atoms with Crippen LogP contribution < -0.4 is 0 Å². The zero-order chi connectivity index (χ0) is 10.8. The third kappa shape index (κ3) is 1.91. The van der Waals surface area contributed by atoms with Gasteiger partial charge in [0.2, 0.25) is 0 Å². The monoisotopic (exact) mass is 268 g/mol. The number of rotatable bonds is 2. The zero-order valence-electron chi connectivity index (χ0n) is 8.00. The van der Waals surface area contributed by atoms with Crippen LogP contribution in [0.1, 0.15) is 17.4 Å². The van der Waals surface area contributed by atoms with E-state index in [1.54, 1.807) is 30.2 Å². The molecule has 0 fully saturated rings. The Kier molecular flexibility index (Phi) is 2.79. The number of nitrogens with zero attached hydrogens (tertiary/aromatic N) is 4. The van der Waals surface area contributed by atoms with Crippen molar-refractivity contribution in [3.63, 3.8) is 0 Å². The molecule has 0 aromatic carbocycles. The molecule has 0 radical (unpaired) electrons. The van der Waals surface area contributed by atoms with Crippen LogP contribution in [-0.4, -0.2) is 25.1 Å². The molecule has 0 bridgehead atoms. The molecule has 0 spiro atoms. The Bertz CT molecular complexity index is 437. The third-order valence-corrected chi connectivity index (χ3v) is 2.73. The summed E-state index contributed by atoms with van der Waals surface area (Å²) in [6, 6.07) is 1.72. The molecule has 0 aliphatic carbocycles. The first-order valence-corrected chi connectivity index (χ1v) is 5.11. The molecule has 1 atom stereocenters. The summed E-state index contributed by atoms with van der Waals surface area (Å²) in [6.45, 7) is 0. The molecule has 2 heterocycles. The van der Waals surface area contributed by atoms with Gasteiger partial charge in [-0.3, -0.25) is 4.68 Å². The van der Waals surface area contributed by atoms with E-state index in [1.165, 1.54) is 6.20 Å². The van der Waals surface area contributed by atoms with Gasteiger partial charge < -0.3 is 5.11 Å². The fourth-order valence-electron chi connectivity index (χ4n) is 1.35. The second-order valence-corrected chi connectivity index (χ2v) is 3.93. The van der Waals surface area contributed by atoms with Crippen molar-refractivity contribution in [1.82, 2.24) is 20.0 Å². The first kappa shape index (κ1) is 10.3. The maximum atomic E-state index is 10.1. The van der Waals surface area contributed by atoms with Crippen molar-refractivity contribution in [2.45, 2.75) is 6.10 Å². The average Bonchev–Trinajstić information content (AvgIpc) is 2.59. The molecule has 5 nitrogen and oxygen atoms in total. The van der Waals surface area contributed by atoms with E-state index in [9.17, 15) is 5.11 Å². The van der Waals surface area contributed by atoms with Gasteiger partial charge in [-0.05, 0) is 22.0 Å². The second kappa shape index (κ2) is 4.08. The topological polar surface area (TPSA) is 63.8 Å². The number of aryl methyl sites for hydroxylation is 1. The summed E-state index contributed by atoms with van der Waals surface area (Å²) in [5.74, 6) is 0. The van der Waals surface area contributed by atoms with Gasteiger partial charge in [-0.1, -0.05) is 0 Å². The van der Waals surface area contributed by atoms with E-state index < -0.39 is 6.10 Å². The predicted molar refractivity (Wildman–Crippen MR) is 57.0 cm³/mol. The summed E-state index contributed by atoms with van der Waals surface area (Å²) < 4.78 is 2.39. The standard InChI is InChI=1S/C9H9BrN4O/c1-14-8(7(10)5-13-14)9(15)6-2-3-11-12-4-6/h2-5,9,15H,1H3. The van der Waals surface area contributed by atoms with Crippen LogP contribution in [0, 0.1) is 0 Å². The van der Waals surface area contributed by atoms with Gasteiger partial charge in [-0.15, -0.1) is 0 Å². The summed E-state index contributed by atoms with van der Waals surface area (Å²) >= 11 is 3.34. The first-order valence-electron chi connectivity index (χ1n) is 4.32. The van der Waals surface area contributed by atoms with Crippen molar-refractivity contribution in [3.05, 3.63) is 40.4 Å². The molecule has 2 aromatic rings. The highest BCUT2D eigenvalue weighted by atomic mass is 79.9. The Morgan fingerprint density at radius 1 is 1.40 bits per heavy atom. The van der Waals surface area contributed by atoms with Gasteiger partial charge in [0.05, 0.1) is 22.6 Å². The van der Waals surface area contributed by atoms with Crippen molar-refractivity contribution < 1.29 is 5.11 Å². The minimum atomic E-state index is -0.748. The summed E-state index contributed by atoms with van der Waals surface area (Å²) in [5, 5.41) is 21.5. The molecule has 6 heteroatoms. The van der Waals surface area contributed by atoms with E-state index in [-0.39, 0.29) is 0 Å². The number of hydrogen-bond donors (Lipinski definition) is 1. The summed E-state index contributed by atoms with van der Waals surface area (Å²) in [6.07, 6.45) is 3.97. The van der Waals surface area contributed by atoms with Crippen LogP contribution >= 0.6 is 15.9 Å². The molecule has 0 aliphatic rings. The Morgan fingerprint density at radius 2 is 2.20 bits per heavy atom. The van der Waals surface area contributed by atoms with E-state index >= 15 is 0 Å². The van der Waals surface area contributed by atoms with Crippen molar-refractivity contribution >= 4 is 15.9 Å². The normalized spacial score (nSPS) is 12.7. The van der Waals surface area contributed by atoms with Crippen molar-refractivity contribution in [1.29, 1.82) is 0 Å². The summed E-state index contributed by atoms with van der Waals surface area (Å²) in [4.78, 5) is 0.